The Morgan fingerprint density at radius 3 is 1.80 bits per heavy atom. The molecule has 0 amide bonds. The largest absolute Gasteiger partial charge is 0.381 e. The Hall–Kier alpha value is -0.420. The Morgan fingerprint density at radius 2 is 1.70 bits per heavy atom. The van der Waals surface area contributed by atoms with Gasteiger partial charge in [0, 0.05) is 0 Å². The summed E-state index contributed by atoms with van der Waals surface area (Å²) in [6, 6.07) is 0. The second-order valence-corrected chi connectivity index (χ2v) is 1.51. The number of hydrogen-bond acceptors (Lipinski definition) is 0. The molecule has 0 aliphatic carbocycles. The summed E-state index contributed by atoms with van der Waals surface area (Å²) in [6.45, 7) is -2.12. The average molecular weight is 165 g/mol. The molecule has 0 N–H and O–H groups in total. The van der Waals surface area contributed by atoms with Gasteiger partial charge < -0.3 is 0 Å². The van der Waals surface area contributed by atoms with E-state index in [2.05, 4.69) is 0 Å². The summed E-state index contributed by atoms with van der Waals surface area (Å²) in [5, 5.41) is 0. The first-order valence-corrected chi connectivity index (χ1v) is 2.19. The summed E-state index contributed by atoms with van der Waals surface area (Å²) in [5.74, 6) is -4.95. The summed E-state index contributed by atoms with van der Waals surface area (Å²) in [7, 11) is 0. The molecule has 0 saturated heterocycles. The third kappa shape index (κ3) is 1.78. The molecule has 0 rings (SSSR count). The molecule has 0 heterocycles. The fraction of sp³-hybridized carbons (Fsp3) is 0.750. The first kappa shape index (κ1) is 9.58. The summed E-state index contributed by atoms with van der Waals surface area (Å²) in [4.78, 5) is 0. The molecule has 0 aromatic heterocycles. The second-order valence-electron chi connectivity index (χ2n) is 1.51. The van der Waals surface area contributed by atoms with E-state index in [1.165, 1.54) is 0 Å². The summed E-state index contributed by atoms with van der Waals surface area (Å²) in [6.07, 6.45) is -6.85. The van der Waals surface area contributed by atoms with Gasteiger partial charge in [0.15, 0.2) is 6.17 Å². The smallest absolute Gasteiger partial charge is 0.248 e. The minimum Gasteiger partial charge on any atom is -0.248 e. The van der Waals surface area contributed by atoms with E-state index >= 15 is 0 Å². The first-order valence-electron chi connectivity index (χ1n) is 2.19. The number of rotatable bonds is 3. The zero-order valence-electron chi connectivity index (χ0n) is 4.55. The van der Waals surface area contributed by atoms with Crippen LogP contribution in [0.2, 0.25) is 0 Å². The van der Waals surface area contributed by atoms with E-state index < -0.39 is 25.2 Å². The van der Waals surface area contributed by atoms with Gasteiger partial charge in [-0.1, -0.05) is 0 Å². The van der Waals surface area contributed by atoms with Crippen LogP contribution < -0.4 is 0 Å². The fourth-order valence-corrected chi connectivity index (χ4v) is 0.215. The van der Waals surface area contributed by atoms with Crippen molar-refractivity contribution in [1.82, 2.24) is 0 Å². The maximum atomic E-state index is 11.5. The first-order chi connectivity index (χ1) is 4.42. The predicted octanol–water partition coefficient (Wildman–Crippen LogP) is 2.36. The maximum absolute atomic E-state index is 11.5. The Balaban J connectivity index is 4.09. The summed E-state index contributed by atoms with van der Waals surface area (Å²) >= 11 is 0. The zero-order valence-corrected chi connectivity index (χ0v) is 4.55. The zero-order chi connectivity index (χ0) is 8.36. The molecule has 0 aromatic carbocycles. The minimum absolute atomic E-state index is 2.12. The number of hydrogen-bond donors (Lipinski definition) is 0. The monoisotopic (exact) mass is 165 g/mol. The Morgan fingerprint density at radius 1 is 1.30 bits per heavy atom. The van der Waals surface area contributed by atoms with Crippen LogP contribution in [0.3, 0.4) is 0 Å². The van der Waals surface area contributed by atoms with Crippen molar-refractivity contribution in [1.29, 1.82) is 0 Å². The molecule has 6 heteroatoms. The van der Waals surface area contributed by atoms with Gasteiger partial charge in [0.2, 0.25) is 0 Å². The van der Waals surface area contributed by atoms with Crippen molar-refractivity contribution in [3.8, 4) is 0 Å². The van der Waals surface area contributed by atoms with Crippen molar-refractivity contribution in [2.75, 3.05) is 6.67 Å². The molecule has 0 fully saturated rings. The van der Waals surface area contributed by atoms with Gasteiger partial charge in [-0.3, -0.25) is 0 Å². The highest BCUT2D eigenvalue weighted by Gasteiger charge is 2.51. The van der Waals surface area contributed by atoms with E-state index in [0.29, 0.717) is 0 Å². The van der Waals surface area contributed by atoms with Crippen LogP contribution in [-0.2, 0) is 0 Å². The van der Waals surface area contributed by atoms with Crippen LogP contribution in [0.25, 0.3) is 0 Å². The highest BCUT2D eigenvalue weighted by molar-refractivity contribution is 4.89. The molecule has 0 nitrogen and oxygen atoms in total. The van der Waals surface area contributed by atoms with Gasteiger partial charge in [-0.05, 0) is 0 Å². The molecule has 1 unspecified atom stereocenters. The number of alkyl halides is 4. The molecule has 0 saturated carbocycles. The lowest BCUT2D eigenvalue weighted by atomic mass is 10.2. The highest BCUT2D eigenvalue weighted by Crippen LogP contribution is 2.34. The molecule has 0 spiro atoms. The Kier molecular flexibility index (Phi) is 2.98. The molecule has 1 radical (unpaired) electrons. The van der Waals surface area contributed by atoms with Crippen LogP contribution in [0, 0.1) is 6.43 Å². The molecule has 10 heavy (non-hydrogen) atoms. The van der Waals surface area contributed by atoms with Crippen LogP contribution in [0.4, 0.5) is 26.3 Å². The Labute approximate surface area is 52.8 Å². The topological polar surface area (TPSA) is 0 Å². The summed E-state index contributed by atoms with van der Waals surface area (Å²) in [5.41, 5.74) is 0. The quantitative estimate of drug-likeness (QED) is 0.563. The van der Waals surface area contributed by atoms with Gasteiger partial charge in [-0.25, -0.2) is 8.78 Å². The van der Waals surface area contributed by atoms with Crippen LogP contribution >= 0.6 is 0 Å². The van der Waals surface area contributed by atoms with Crippen LogP contribution in [0.1, 0.15) is 0 Å². The molecule has 1 atom stereocenters. The number of halogens is 6. The van der Waals surface area contributed by atoms with Crippen molar-refractivity contribution >= 4 is 0 Å². The average Bonchev–Trinajstić information content (AvgIpc) is 1.86. The SMILES string of the molecule is FCC(F)C(F)(F)[C](F)F. The fourth-order valence-electron chi connectivity index (χ4n) is 0.215. The molecule has 61 valence electrons. The lowest BCUT2D eigenvalue weighted by molar-refractivity contribution is -0.119. The maximum Gasteiger partial charge on any atom is 0.381 e. The van der Waals surface area contributed by atoms with Crippen molar-refractivity contribution in [3.05, 3.63) is 6.43 Å². The predicted molar refractivity (Wildman–Crippen MR) is 21.3 cm³/mol. The van der Waals surface area contributed by atoms with E-state index in [-0.39, 0.29) is 0 Å². The lowest BCUT2D eigenvalue weighted by Gasteiger charge is -2.14. The van der Waals surface area contributed by atoms with E-state index in [1.807, 2.05) is 0 Å². The van der Waals surface area contributed by atoms with Crippen LogP contribution in [0.15, 0.2) is 0 Å². The molecule has 0 aromatic rings. The normalized spacial score (nSPS) is 15.9. The molecule has 0 aliphatic heterocycles. The third-order valence-corrected chi connectivity index (χ3v) is 0.781. The second kappa shape index (κ2) is 3.12. The minimum atomic E-state index is -4.95. The van der Waals surface area contributed by atoms with Crippen molar-refractivity contribution in [3.63, 3.8) is 0 Å². The Bertz CT molecular complexity index is 99.9. The standard InChI is InChI=1S/C4H3F6/c5-1-2(6)4(9,10)3(7)8/h2H,1H2. The van der Waals surface area contributed by atoms with Gasteiger partial charge >= 0.3 is 12.3 Å². The van der Waals surface area contributed by atoms with E-state index in [9.17, 15) is 26.3 Å². The van der Waals surface area contributed by atoms with Crippen molar-refractivity contribution in [2.45, 2.75) is 12.1 Å². The lowest BCUT2D eigenvalue weighted by Crippen LogP contribution is -2.34. The van der Waals surface area contributed by atoms with Crippen LogP contribution in [-0.4, -0.2) is 18.8 Å². The molecule has 0 aliphatic rings. The van der Waals surface area contributed by atoms with Crippen molar-refractivity contribution in [2.24, 2.45) is 0 Å². The van der Waals surface area contributed by atoms with Gasteiger partial charge in [-0.2, -0.15) is 17.6 Å². The van der Waals surface area contributed by atoms with E-state index in [1.54, 1.807) is 0 Å². The van der Waals surface area contributed by atoms with Gasteiger partial charge in [-0.15, -0.1) is 0 Å². The van der Waals surface area contributed by atoms with Gasteiger partial charge in [0.25, 0.3) is 0 Å². The molecular weight excluding hydrogens is 162 g/mol. The molecule has 0 bridgehead atoms. The van der Waals surface area contributed by atoms with Gasteiger partial charge in [0.1, 0.15) is 6.67 Å². The van der Waals surface area contributed by atoms with Crippen LogP contribution in [0.5, 0.6) is 0 Å². The highest BCUT2D eigenvalue weighted by atomic mass is 19.3. The van der Waals surface area contributed by atoms with Gasteiger partial charge in [0.05, 0.1) is 0 Å². The van der Waals surface area contributed by atoms with E-state index in [4.69, 9.17) is 0 Å². The molecular formula is C4H3F6. The third-order valence-electron chi connectivity index (χ3n) is 0.781. The van der Waals surface area contributed by atoms with E-state index in [0.717, 1.165) is 0 Å². The summed E-state index contributed by atoms with van der Waals surface area (Å²) < 4.78 is 67.7. The van der Waals surface area contributed by atoms with Crippen molar-refractivity contribution < 1.29 is 26.3 Å².